The highest BCUT2D eigenvalue weighted by Crippen LogP contribution is 2.22. The molecule has 1 saturated heterocycles. The molecular weight excluding hydrogens is 415 g/mol. The van der Waals surface area contributed by atoms with Crippen molar-refractivity contribution >= 4 is 42.1 Å². The summed E-state index contributed by atoms with van der Waals surface area (Å²) in [7, 11) is 2.03. The second kappa shape index (κ2) is 13.1. The Morgan fingerprint density at radius 1 is 1.21 bits per heavy atom. The third kappa shape index (κ3) is 7.68. The number of thiazole rings is 1. The normalized spacial score (nSPS) is 14.8. The number of nitrogens with zero attached hydrogens (tertiary/aromatic N) is 2. The summed E-state index contributed by atoms with van der Waals surface area (Å²) in [6, 6.07) is 9.30. The maximum absolute atomic E-state index is 12.1. The predicted molar refractivity (Wildman–Crippen MR) is 121 cm³/mol. The molecule has 1 aliphatic heterocycles. The van der Waals surface area contributed by atoms with Crippen LogP contribution in [0.25, 0.3) is 0 Å². The van der Waals surface area contributed by atoms with Crippen LogP contribution in [0.2, 0.25) is 0 Å². The highest BCUT2D eigenvalue weighted by Gasteiger charge is 2.19. The molecule has 156 valence electrons. The highest BCUT2D eigenvalue weighted by atomic mass is 35.5. The van der Waals surface area contributed by atoms with Crippen molar-refractivity contribution in [3.05, 3.63) is 52.0 Å². The van der Waals surface area contributed by atoms with Crippen LogP contribution in [0.1, 0.15) is 40.3 Å². The number of nitrogens with one attached hydrogen (secondary N) is 2. The lowest BCUT2D eigenvalue weighted by atomic mass is 9.93. The number of carbonyl (C=O) groups excluding carboxylic acids is 1. The van der Waals surface area contributed by atoms with Gasteiger partial charge in [-0.25, -0.2) is 4.98 Å². The number of piperidine rings is 1. The lowest BCUT2D eigenvalue weighted by Crippen LogP contribution is -2.34. The first kappa shape index (κ1) is 24.9. The summed E-state index contributed by atoms with van der Waals surface area (Å²) in [5.74, 6) is 0.809. The number of likely N-dealkylation sites (tertiary alicyclic amines) is 1. The van der Waals surface area contributed by atoms with Crippen LogP contribution in [-0.2, 0) is 13.1 Å². The molecular formula is C20H30Cl2N4OS. The molecule has 3 rings (SSSR count). The summed E-state index contributed by atoms with van der Waals surface area (Å²) in [4.78, 5) is 19.3. The van der Waals surface area contributed by atoms with Crippen molar-refractivity contribution in [3.8, 4) is 0 Å². The molecule has 0 unspecified atom stereocenters. The Morgan fingerprint density at radius 3 is 2.61 bits per heavy atom. The zero-order valence-corrected chi connectivity index (χ0v) is 18.7. The Bertz CT molecular complexity index is 691. The Kier molecular flexibility index (Phi) is 11.6. The van der Waals surface area contributed by atoms with E-state index < -0.39 is 0 Å². The summed E-state index contributed by atoms with van der Waals surface area (Å²) in [6.45, 7) is 4.85. The Labute approximate surface area is 184 Å². The summed E-state index contributed by atoms with van der Waals surface area (Å²) in [5.41, 5.74) is 1.80. The third-order valence-corrected chi connectivity index (χ3v) is 5.83. The van der Waals surface area contributed by atoms with Crippen molar-refractivity contribution in [3.63, 3.8) is 0 Å². The van der Waals surface area contributed by atoms with Crippen LogP contribution < -0.4 is 10.6 Å². The van der Waals surface area contributed by atoms with E-state index in [9.17, 15) is 4.79 Å². The van der Waals surface area contributed by atoms with Gasteiger partial charge >= 0.3 is 0 Å². The lowest BCUT2D eigenvalue weighted by molar-refractivity contribution is 0.0951. The monoisotopic (exact) mass is 444 g/mol. The average molecular weight is 445 g/mol. The van der Waals surface area contributed by atoms with E-state index in [-0.39, 0.29) is 30.7 Å². The minimum Gasteiger partial charge on any atom is -0.346 e. The number of carbonyl (C=O) groups is 1. The van der Waals surface area contributed by atoms with Crippen LogP contribution >= 0.6 is 36.2 Å². The van der Waals surface area contributed by atoms with E-state index in [1.807, 2.05) is 37.4 Å². The summed E-state index contributed by atoms with van der Waals surface area (Å²) in [6.07, 6.45) is 3.85. The molecule has 0 radical (unpaired) electrons. The van der Waals surface area contributed by atoms with Gasteiger partial charge in [-0.05, 0) is 64.0 Å². The number of benzene rings is 1. The van der Waals surface area contributed by atoms with E-state index in [0.29, 0.717) is 12.1 Å². The molecule has 1 fully saturated rings. The maximum Gasteiger partial charge on any atom is 0.251 e. The molecule has 1 aliphatic rings. The maximum atomic E-state index is 12.1. The molecule has 0 aliphatic carbocycles. The van der Waals surface area contributed by atoms with Gasteiger partial charge in [0.05, 0.1) is 12.2 Å². The van der Waals surface area contributed by atoms with E-state index in [4.69, 9.17) is 4.98 Å². The lowest BCUT2D eigenvalue weighted by Gasteiger charge is -2.31. The molecule has 2 heterocycles. The fraction of sp³-hybridized carbons (Fsp3) is 0.500. The van der Waals surface area contributed by atoms with Gasteiger partial charge in [0.1, 0.15) is 5.01 Å². The summed E-state index contributed by atoms with van der Waals surface area (Å²) >= 11 is 1.63. The Hall–Kier alpha value is -1.18. The van der Waals surface area contributed by atoms with Gasteiger partial charge in [-0.1, -0.05) is 18.2 Å². The molecule has 2 N–H and O–H groups in total. The van der Waals surface area contributed by atoms with Crippen molar-refractivity contribution in [1.82, 2.24) is 20.5 Å². The van der Waals surface area contributed by atoms with Gasteiger partial charge in [-0.2, -0.15) is 0 Å². The van der Waals surface area contributed by atoms with Gasteiger partial charge < -0.3 is 10.6 Å². The molecule has 0 bridgehead atoms. The molecule has 1 aromatic carbocycles. The number of halogens is 2. The van der Waals surface area contributed by atoms with Crippen LogP contribution in [-0.4, -0.2) is 42.5 Å². The second-order valence-corrected chi connectivity index (χ2v) is 7.84. The smallest absolute Gasteiger partial charge is 0.251 e. The van der Waals surface area contributed by atoms with Crippen LogP contribution in [0.3, 0.4) is 0 Å². The quantitative estimate of drug-likeness (QED) is 0.650. The van der Waals surface area contributed by atoms with Crippen molar-refractivity contribution in [2.24, 2.45) is 5.92 Å². The number of aromatic nitrogens is 1. The molecule has 0 saturated carbocycles. The molecule has 5 nitrogen and oxygen atoms in total. The average Bonchev–Trinajstić information content (AvgIpc) is 3.13. The van der Waals surface area contributed by atoms with Crippen molar-refractivity contribution in [2.75, 3.05) is 26.7 Å². The van der Waals surface area contributed by atoms with Gasteiger partial charge in [0.15, 0.2) is 0 Å². The molecule has 28 heavy (non-hydrogen) atoms. The minimum absolute atomic E-state index is 0. The molecule has 2 aromatic rings. The number of hydrogen-bond donors (Lipinski definition) is 2. The standard InChI is InChI=1S/C20H28N4OS.2ClH/c1-21-10-7-16-8-11-24(12-9-16)14-18-15-26-19(23-18)13-22-20(25)17-5-3-2-4-6-17;;/h2-6,15-16,21H,7-14H2,1H3,(H,22,25);2*1H. The first-order valence-corrected chi connectivity index (χ1v) is 10.3. The molecule has 0 atom stereocenters. The third-order valence-electron chi connectivity index (χ3n) is 4.93. The molecule has 0 spiro atoms. The minimum atomic E-state index is -0.0500. The van der Waals surface area contributed by atoms with E-state index in [1.165, 1.54) is 19.3 Å². The largest absolute Gasteiger partial charge is 0.346 e. The van der Waals surface area contributed by atoms with Crippen LogP contribution in [0.5, 0.6) is 0 Å². The van der Waals surface area contributed by atoms with Crippen molar-refractivity contribution in [2.45, 2.75) is 32.4 Å². The van der Waals surface area contributed by atoms with Crippen LogP contribution in [0.15, 0.2) is 35.7 Å². The van der Waals surface area contributed by atoms with E-state index in [1.54, 1.807) is 11.3 Å². The van der Waals surface area contributed by atoms with E-state index >= 15 is 0 Å². The number of rotatable bonds is 8. The van der Waals surface area contributed by atoms with Gasteiger partial charge in [0.2, 0.25) is 0 Å². The van der Waals surface area contributed by atoms with Gasteiger partial charge in [0, 0.05) is 17.5 Å². The fourth-order valence-corrected chi connectivity index (χ4v) is 4.09. The van der Waals surface area contributed by atoms with Crippen LogP contribution in [0.4, 0.5) is 0 Å². The van der Waals surface area contributed by atoms with Crippen molar-refractivity contribution < 1.29 is 4.79 Å². The van der Waals surface area contributed by atoms with Gasteiger partial charge in [-0.3, -0.25) is 9.69 Å². The highest BCUT2D eigenvalue weighted by molar-refractivity contribution is 7.09. The summed E-state index contributed by atoms with van der Waals surface area (Å²) < 4.78 is 0. The zero-order valence-electron chi connectivity index (χ0n) is 16.2. The van der Waals surface area contributed by atoms with E-state index in [2.05, 4.69) is 20.9 Å². The topological polar surface area (TPSA) is 57.3 Å². The van der Waals surface area contributed by atoms with Gasteiger partial charge in [-0.15, -0.1) is 36.2 Å². The van der Waals surface area contributed by atoms with E-state index in [0.717, 1.165) is 42.8 Å². The zero-order chi connectivity index (χ0) is 18.2. The van der Waals surface area contributed by atoms with Crippen molar-refractivity contribution in [1.29, 1.82) is 0 Å². The van der Waals surface area contributed by atoms with Gasteiger partial charge in [0.25, 0.3) is 5.91 Å². The first-order valence-electron chi connectivity index (χ1n) is 9.38. The molecule has 1 amide bonds. The Balaban J connectivity index is 0.00000196. The Morgan fingerprint density at radius 2 is 1.93 bits per heavy atom. The molecule has 8 heteroatoms. The number of hydrogen-bond acceptors (Lipinski definition) is 5. The SMILES string of the molecule is CNCCC1CCN(Cc2csc(CNC(=O)c3ccccc3)n2)CC1.Cl.Cl. The first-order chi connectivity index (χ1) is 12.7. The predicted octanol–water partition coefficient (Wildman–Crippen LogP) is 3.74. The number of amides is 1. The molecule has 1 aromatic heterocycles. The summed E-state index contributed by atoms with van der Waals surface area (Å²) in [5, 5.41) is 9.28. The van der Waals surface area contributed by atoms with Crippen LogP contribution in [0, 0.1) is 5.92 Å². The fourth-order valence-electron chi connectivity index (χ4n) is 3.36. The second-order valence-electron chi connectivity index (χ2n) is 6.89.